The van der Waals surface area contributed by atoms with Crippen molar-refractivity contribution in [2.75, 3.05) is 25.0 Å². The van der Waals surface area contributed by atoms with Gasteiger partial charge in [0.05, 0.1) is 31.6 Å². The topological polar surface area (TPSA) is 134 Å². The molecule has 1 aliphatic heterocycles. The highest BCUT2D eigenvalue weighted by Crippen LogP contribution is 2.35. The van der Waals surface area contributed by atoms with Crippen molar-refractivity contribution in [2.45, 2.75) is 71.1 Å². The number of hydrogen-bond donors (Lipinski definition) is 2. The van der Waals surface area contributed by atoms with E-state index in [1.54, 1.807) is 33.4 Å². The maximum absolute atomic E-state index is 13.2. The van der Waals surface area contributed by atoms with E-state index in [2.05, 4.69) is 40.8 Å². The van der Waals surface area contributed by atoms with Crippen molar-refractivity contribution in [3.8, 4) is 17.1 Å². The SMILES string of the molecule is CC(C)O.COc1ccc(Br)c(-c2nnc(NS(=O)C(C)Cc3ncc(C)cn3)n2C2COC(C)(C)OC2)c1. The van der Waals surface area contributed by atoms with Gasteiger partial charge < -0.3 is 19.3 Å². The maximum Gasteiger partial charge on any atom is 0.237 e. The number of hydrogen-bond acceptors (Lipinski definition) is 9. The smallest absolute Gasteiger partial charge is 0.237 e. The molecule has 2 N–H and O–H groups in total. The van der Waals surface area contributed by atoms with Gasteiger partial charge in [0.25, 0.3) is 0 Å². The minimum atomic E-state index is -1.48. The number of benzene rings is 1. The minimum Gasteiger partial charge on any atom is -0.497 e. The Kier molecular flexibility index (Phi) is 11.0. The second kappa shape index (κ2) is 13.8. The Balaban J connectivity index is 0.000000983. The number of rotatable bonds is 8. The van der Waals surface area contributed by atoms with Crippen molar-refractivity contribution >= 4 is 32.9 Å². The predicted molar refractivity (Wildman–Crippen MR) is 154 cm³/mol. The number of aliphatic hydroxyl groups excluding tert-OH is 1. The molecule has 4 rings (SSSR count). The molecule has 11 nitrogen and oxygen atoms in total. The third kappa shape index (κ3) is 8.77. The second-order valence-electron chi connectivity index (χ2n) is 9.92. The summed E-state index contributed by atoms with van der Waals surface area (Å²) >= 11 is 3.60. The highest BCUT2D eigenvalue weighted by Gasteiger charge is 2.33. The van der Waals surface area contributed by atoms with Crippen molar-refractivity contribution < 1.29 is 23.5 Å². The second-order valence-corrected chi connectivity index (χ2v) is 12.4. The van der Waals surface area contributed by atoms with Crippen molar-refractivity contribution in [3.05, 3.63) is 46.5 Å². The van der Waals surface area contributed by atoms with Crippen LogP contribution in [0.5, 0.6) is 5.75 Å². The molecule has 3 aromatic rings. The molecule has 0 radical (unpaired) electrons. The lowest BCUT2D eigenvalue weighted by atomic mass is 10.1. The summed E-state index contributed by atoms with van der Waals surface area (Å²) < 4.78 is 36.2. The van der Waals surface area contributed by atoms with Gasteiger partial charge in [-0.1, -0.05) is 15.9 Å². The number of aryl methyl sites for hydroxylation is 1. The van der Waals surface area contributed by atoms with E-state index in [0.717, 1.165) is 15.6 Å². The zero-order valence-electron chi connectivity index (χ0n) is 23.3. The molecule has 2 atom stereocenters. The van der Waals surface area contributed by atoms with E-state index in [1.807, 2.05) is 50.5 Å². The molecule has 2 aromatic heterocycles. The third-order valence-corrected chi connectivity index (χ3v) is 7.56. The lowest BCUT2D eigenvalue weighted by Gasteiger charge is -2.36. The van der Waals surface area contributed by atoms with Crippen LogP contribution in [0.1, 0.15) is 52.0 Å². The van der Waals surface area contributed by atoms with Gasteiger partial charge in [-0.05, 0) is 65.3 Å². The van der Waals surface area contributed by atoms with E-state index < -0.39 is 16.8 Å². The molecule has 2 unspecified atom stereocenters. The number of halogens is 1. The lowest BCUT2D eigenvalue weighted by Crippen LogP contribution is -2.40. The monoisotopic (exact) mass is 624 g/mol. The number of methoxy groups -OCH3 is 1. The molecule has 0 spiro atoms. The van der Waals surface area contributed by atoms with Crippen LogP contribution >= 0.6 is 15.9 Å². The molecule has 0 aliphatic carbocycles. The van der Waals surface area contributed by atoms with E-state index in [-0.39, 0.29) is 17.4 Å². The molecular weight excluding hydrogens is 588 g/mol. The standard InChI is InChI=1S/C23H29BrN6O4S.C3H8O/c1-14-10-25-20(26-11-14)8-15(2)35(31)29-22-28-27-21(18-9-17(32-5)6-7-19(18)24)30(22)16-12-33-23(3,4)34-13-16;1-3(2)4/h6-7,9-11,15-16H,8,12-13H2,1-5H3,(H,28,29);3-4H,1-2H3. The van der Waals surface area contributed by atoms with Crippen molar-refractivity contribution in [1.29, 1.82) is 0 Å². The predicted octanol–water partition coefficient (Wildman–Crippen LogP) is 4.23. The molecule has 13 heteroatoms. The third-order valence-electron chi connectivity index (χ3n) is 5.58. The normalized spacial score (nSPS) is 16.8. The molecule has 214 valence electrons. The molecule has 0 saturated carbocycles. The van der Waals surface area contributed by atoms with Gasteiger partial charge in [0.15, 0.2) is 11.6 Å². The molecule has 3 heterocycles. The van der Waals surface area contributed by atoms with Gasteiger partial charge in [0.1, 0.15) is 22.6 Å². The van der Waals surface area contributed by atoms with Crippen LogP contribution in [-0.2, 0) is 26.9 Å². The Labute approximate surface area is 240 Å². The van der Waals surface area contributed by atoms with Crippen LogP contribution in [0.25, 0.3) is 11.4 Å². The average molecular weight is 626 g/mol. The Morgan fingerprint density at radius 1 is 1.21 bits per heavy atom. The number of nitrogens with zero attached hydrogens (tertiary/aromatic N) is 5. The first-order valence-corrected chi connectivity index (χ1v) is 14.6. The van der Waals surface area contributed by atoms with E-state index >= 15 is 0 Å². The van der Waals surface area contributed by atoms with Crippen LogP contribution in [0.4, 0.5) is 5.95 Å². The average Bonchev–Trinajstić information content (AvgIpc) is 3.28. The van der Waals surface area contributed by atoms with Crippen LogP contribution in [0.15, 0.2) is 35.1 Å². The van der Waals surface area contributed by atoms with E-state index in [9.17, 15) is 4.21 Å². The maximum atomic E-state index is 13.2. The largest absolute Gasteiger partial charge is 0.497 e. The Hall–Kier alpha value is -2.45. The molecule has 1 aliphatic rings. The summed E-state index contributed by atoms with van der Waals surface area (Å²) in [5.74, 6) is 1.57. The summed E-state index contributed by atoms with van der Waals surface area (Å²) in [5.41, 5.74) is 1.76. The summed E-state index contributed by atoms with van der Waals surface area (Å²) in [6, 6.07) is 5.38. The van der Waals surface area contributed by atoms with E-state index in [0.29, 0.717) is 43.0 Å². The van der Waals surface area contributed by atoms with Gasteiger partial charge in [-0.3, -0.25) is 9.29 Å². The van der Waals surface area contributed by atoms with Gasteiger partial charge in [0.2, 0.25) is 5.95 Å². The Bertz CT molecular complexity index is 1240. The number of anilines is 1. The van der Waals surface area contributed by atoms with Crippen LogP contribution in [-0.4, -0.2) is 71.5 Å². The fourth-order valence-corrected chi connectivity index (χ4v) is 4.82. The Morgan fingerprint density at radius 2 is 1.82 bits per heavy atom. The van der Waals surface area contributed by atoms with Gasteiger partial charge in [0, 0.05) is 35.0 Å². The molecule has 1 fully saturated rings. The summed E-state index contributed by atoms with van der Waals surface area (Å²) in [4.78, 5) is 8.65. The van der Waals surface area contributed by atoms with Crippen molar-refractivity contribution in [1.82, 2.24) is 24.7 Å². The van der Waals surface area contributed by atoms with Gasteiger partial charge in [-0.15, -0.1) is 10.2 Å². The van der Waals surface area contributed by atoms with Crippen molar-refractivity contribution in [2.24, 2.45) is 0 Å². The van der Waals surface area contributed by atoms with Crippen LogP contribution in [0.2, 0.25) is 0 Å². The van der Waals surface area contributed by atoms with E-state index in [4.69, 9.17) is 19.3 Å². The van der Waals surface area contributed by atoms with Crippen molar-refractivity contribution in [3.63, 3.8) is 0 Å². The lowest BCUT2D eigenvalue weighted by molar-refractivity contribution is -0.258. The van der Waals surface area contributed by atoms with Crippen LogP contribution in [0.3, 0.4) is 0 Å². The van der Waals surface area contributed by atoms with Crippen LogP contribution in [0, 0.1) is 6.92 Å². The van der Waals surface area contributed by atoms with Gasteiger partial charge in [-0.2, -0.15) is 0 Å². The zero-order valence-corrected chi connectivity index (χ0v) is 25.7. The fraction of sp³-hybridized carbons (Fsp3) is 0.538. The zero-order chi connectivity index (χ0) is 28.7. The highest BCUT2D eigenvalue weighted by atomic mass is 79.9. The number of ether oxygens (including phenoxy) is 3. The summed E-state index contributed by atoms with van der Waals surface area (Å²) in [7, 11) is 0.132. The molecule has 0 bridgehead atoms. The molecular formula is C26H37BrN6O5S. The van der Waals surface area contributed by atoms with Crippen LogP contribution < -0.4 is 9.46 Å². The first-order valence-electron chi connectivity index (χ1n) is 12.6. The van der Waals surface area contributed by atoms with Gasteiger partial charge >= 0.3 is 0 Å². The van der Waals surface area contributed by atoms with E-state index in [1.165, 1.54) is 0 Å². The summed E-state index contributed by atoms with van der Waals surface area (Å²) in [6.45, 7) is 11.8. The quantitative estimate of drug-likeness (QED) is 0.377. The molecule has 1 aromatic carbocycles. The van der Waals surface area contributed by atoms with Gasteiger partial charge in [-0.25, -0.2) is 14.2 Å². The molecule has 1 saturated heterocycles. The molecule has 39 heavy (non-hydrogen) atoms. The number of nitrogens with one attached hydrogen (secondary N) is 1. The first kappa shape index (κ1) is 31.1. The number of aromatic nitrogens is 5. The number of aliphatic hydroxyl groups is 1. The summed E-state index contributed by atoms with van der Waals surface area (Å²) in [6.07, 6.45) is 3.79. The summed E-state index contributed by atoms with van der Waals surface area (Å²) in [5, 5.41) is 16.6. The first-order chi connectivity index (χ1) is 18.4. The molecule has 0 amide bonds. The minimum absolute atomic E-state index is 0.167. The highest BCUT2D eigenvalue weighted by molar-refractivity contribution is 9.10. The Morgan fingerprint density at radius 3 is 2.41 bits per heavy atom. The fourth-order valence-electron chi connectivity index (χ4n) is 3.57.